The van der Waals surface area contributed by atoms with E-state index in [2.05, 4.69) is 14.9 Å². The lowest BCUT2D eigenvalue weighted by Crippen LogP contribution is -2.23. The Morgan fingerprint density at radius 3 is 2.43 bits per heavy atom. The van der Waals surface area contributed by atoms with Crippen LogP contribution in [0.1, 0.15) is 0 Å². The summed E-state index contributed by atoms with van der Waals surface area (Å²) in [5, 5.41) is 5.08. The van der Waals surface area contributed by atoms with E-state index < -0.39 is 0 Å². The summed E-state index contributed by atoms with van der Waals surface area (Å²) in [6.45, 7) is 0.252. The Morgan fingerprint density at radius 2 is 1.78 bits per heavy atom. The maximum Gasteiger partial charge on any atom is 0.351 e. The first-order chi connectivity index (χ1) is 11.2. The molecule has 0 amide bonds. The van der Waals surface area contributed by atoms with Crippen molar-refractivity contribution in [2.75, 3.05) is 0 Å². The van der Waals surface area contributed by atoms with Gasteiger partial charge in [0, 0.05) is 33.2 Å². The van der Waals surface area contributed by atoms with Crippen molar-refractivity contribution in [1.29, 1.82) is 0 Å². The molecule has 1 heterocycles. The van der Waals surface area contributed by atoms with Crippen molar-refractivity contribution in [3.63, 3.8) is 0 Å². The van der Waals surface area contributed by atoms with Crippen LogP contribution in [-0.4, -0.2) is 14.3 Å². The summed E-state index contributed by atoms with van der Waals surface area (Å²) in [6, 6.07) is 16.7. The highest BCUT2D eigenvalue weighted by atomic mass is 127. The van der Waals surface area contributed by atoms with Gasteiger partial charge in [0.1, 0.15) is 6.54 Å². The zero-order valence-electron chi connectivity index (χ0n) is 11.9. The van der Waals surface area contributed by atoms with Crippen LogP contribution in [0.3, 0.4) is 0 Å². The van der Waals surface area contributed by atoms with Crippen molar-refractivity contribution in [3.8, 4) is 26.9 Å². The Bertz CT molecular complexity index is 934. The normalized spacial score (nSPS) is 10.2. The second-order valence-electron chi connectivity index (χ2n) is 4.71. The highest BCUT2D eigenvalue weighted by Crippen LogP contribution is 2.21. The number of rotatable bonds is 3. The first kappa shape index (κ1) is 15.8. The number of nitrogens with zero attached hydrogens (tertiary/aromatic N) is 3. The molecule has 0 aliphatic carbocycles. The van der Waals surface area contributed by atoms with E-state index in [-0.39, 0.29) is 12.2 Å². The summed E-state index contributed by atoms with van der Waals surface area (Å²) in [5.41, 5.74) is 1.35. The topological polar surface area (TPSA) is 39.8 Å². The first-order valence-corrected chi connectivity index (χ1v) is 8.26. The molecule has 0 saturated heterocycles. The maximum absolute atomic E-state index is 12.7. The number of para-hydroxylation sites is 1. The molecule has 4 nitrogen and oxygen atoms in total. The molecular formula is C17H11ClIN3O. The van der Waals surface area contributed by atoms with E-state index in [0.717, 1.165) is 11.3 Å². The van der Waals surface area contributed by atoms with Crippen molar-refractivity contribution in [3.05, 3.63) is 70.1 Å². The van der Waals surface area contributed by atoms with Crippen molar-refractivity contribution in [2.45, 2.75) is 6.54 Å². The number of hydrogen-bond acceptors (Lipinski definition) is 2. The van der Waals surface area contributed by atoms with Gasteiger partial charge in [0.2, 0.25) is 0 Å². The molecular weight excluding hydrogens is 425 g/mol. The SMILES string of the molecule is O=c1n(CC#CI)nc(-c2ccc(Cl)cc2)n1-c1ccccc1. The van der Waals surface area contributed by atoms with E-state index in [1.165, 1.54) is 4.68 Å². The van der Waals surface area contributed by atoms with Crippen LogP contribution in [-0.2, 0) is 6.54 Å². The fourth-order valence-corrected chi connectivity index (χ4v) is 2.51. The summed E-state index contributed by atoms with van der Waals surface area (Å²) in [4.78, 5) is 12.7. The highest BCUT2D eigenvalue weighted by molar-refractivity contribution is 14.1. The van der Waals surface area contributed by atoms with Crippen LogP contribution < -0.4 is 5.69 Å². The number of benzene rings is 2. The van der Waals surface area contributed by atoms with Gasteiger partial charge in [-0.1, -0.05) is 35.7 Å². The molecule has 0 saturated carbocycles. The molecule has 0 aliphatic heterocycles. The molecule has 0 N–H and O–H groups in total. The smallest absolute Gasteiger partial charge is 0.246 e. The van der Waals surface area contributed by atoms with E-state index in [1.807, 2.05) is 65.1 Å². The molecule has 0 unspecified atom stereocenters. The second-order valence-corrected chi connectivity index (χ2v) is 5.69. The minimum Gasteiger partial charge on any atom is -0.246 e. The van der Waals surface area contributed by atoms with Crippen LogP contribution in [0.15, 0.2) is 59.4 Å². The zero-order chi connectivity index (χ0) is 16.2. The van der Waals surface area contributed by atoms with Crippen molar-refractivity contribution in [1.82, 2.24) is 14.3 Å². The van der Waals surface area contributed by atoms with Crippen molar-refractivity contribution >= 4 is 34.2 Å². The molecule has 2 aromatic carbocycles. The van der Waals surface area contributed by atoms with Crippen LogP contribution in [0.4, 0.5) is 0 Å². The molecule has 0 radical (unpaired) electrons. The molecule has 0 atom stereocenters. The van der Waals surface area contributed by atoms with Crippen molar-refractivity contribution < 1.29 is 0 Å². The van der Waals surface area contributed by atoms with Gasteiger partial charge in [-0.25, -0.2) is 14.0 Å². The lowest BCUT2D eigenvalue weighted by molar-refractivity contribution is 0.680. The number of hydrogen-bond donors (Lipinski definition) is 0. The van der Waals surface area contributed by atoms with Crippen LogP contribution in [0.25, 0.3) is 17.1 Å². The van der Waals surface area contributed by atoms with E-state index in [0.29, 0.717) is 10.8 Å². The number of halogens is 2. The monoisotopic (exact) mass is 435 g/mol. The standard InChI is InChI=1S/C17H11ClIN3O/c18-14-9-7-13(8-10-14)16-20-21(12-4-11-19)17(23)22(16)15-5-2-1-3-6-15/h1-3,5-10H,12H2. The predicted octanol–water partition coefficient (Wildman–Crippen LogP) is 3.75. The fourth-order valence-electron chi connectivity index (χ4n) is 2.21. The van der Waals surface area contributed by atoms with Gasteiger partial charge >= 0.3 is 5.69 Å². The molecule has 3 aromatic rings. The molecule has 0 spiro atoms. The molecule has 0 aliphatic rings. The summed E-state index contributed by atoms with van der Waals surface area (Å²) >= 11 is 7.89. The van der Waals surface area contributed by atoms with Crippen LogP contribution in [0.2, 0.25) is 5.02 Å². The fraction of sp³-hybridized carbons (Fsp3) is 0.0588. The maximum atomic E-state index is 12.7. The summed E-state index contributed by atoms with van der Waals surface area (Å²) < 4.78 is 5.70. The van der Waals surface area contributed by atoms with Gasteiger partial charge < -0.3 is 0 Å². The molecule has 23 heavy (non-hydrogen) atoms. The first-order valence-electron chi connectivity index (χ1n) is 6.80. The van der Waals surface area contributed by atoms with Crippen LogP contribution in [0, 0.1) is 9.85 Å². The lowest BCUT2D eigenvalue weighted by Gasteiger charge is -2.05. The average Bonchev–Trinajstić information content (AvgIpc) is 2.91. The minimum atomic E-state index is -0.222. The van der Waals surface area contributed by atoms with Gasteiger partial charge in [0.15, 0.2) is 5.82 Å². The third kappa shape index (κ3) is 3.33. The summed E-state index contributed by atoms with van der Waals surface area (Å²) in [7, 11) is 0. The van der Waals surface area contributed by atoms with Gasteiger partial charge in [-0.3, -0.25) is 0 Å². The summed E-state index contributed by atoms with van der Waals surface area (Å²) in [6.07, 6.45) is 0. The second kappa shape index (κ2) is 7.02. The van der Waals surface area contributed by atoms with Crippen LogP contribution >= 0.6 is 34.2 Å². The Labute approximate surface area is 151 Å². The van der Waals surface area contributed by atoms with Gasteiger partial charge in [-0.2, -0.15) is 0 Å². The molecule has 114 valence electrons. The quantitative estimate of drug-likeness (QED) is 0.464. The van der Waals surface area contributed by atoms with E-state index >= 15 is 0 Å². The van der Waals surface area contributed by atoms with Crippen LogP contribution in [0.5, 0.6) is 0 Å². The van der Waals surface area contributed by atoms with E-state index in [1.54, 1.807) is 16.7 Å². The molecule has 3 rings (SSSR count). The highest BCUT2D eigenvalue weighted by Gasteiger charge is 2.16. The Kier molecular flexibility index (Phi) is 4.84. The van der Waals surface area contributed by atoms with Gasteiger partial charge in [-0.05, 0) is 40.3 Å². The van der Waals surface area contributed by atoms with Crippen molar-refractivity contribution in [2.24, 2.45) is 0 Å². The third-order valence-electron chi connectivity index (χ3n) is 3.25. The van der Waals surface area contributed by atoms with Gasteiger partial charge in [-0.15, -0.1) is 5.10 Å². The Balaban J connectivity index is 2.22. The van der Waals surface area contributed by atoms with E-state index in [9.17, 15) is 4.79 Å². The number of aromatic nitrogens is 3. The van der Waals surface area contributed by atoms with Gasteiger partial charge in [0.25, 0.3) is 0 Å². The predicted molar refractivity (Wildman–Crippen MR) is 100 cm³/mol. The molecule has 6 heteroatoms. The molecule has 0 fully saturated rings. The molecule has 0 bridgehead atoms. The summed E-state index contributed by atoms with van der Waals surface area (Å²) in [5.74, 6) is 3.42. The minimum absolute atomic E-state index is 0.222. The largest absolute Gasteiger partial charge is 0.351 e. The lowest BCUT2D eigenvalue weighted by atomic mass is 10.2. The third-order valence-corrected chi connectivity index (χ3v) is 3.89. The average molecular weight is 436 g/mol. The van der Waals surface area contributed by atoms with E-state index in [4.69, 9.17) is 11.6 Å². The van der Waals surface area contributed by atoms with Gasteiger partial charge in [0.05, 0.1) is 5.69 Å². The zero-order valence-corrected chi connectivity index (χ0v) is 14.8. The Morgan fingerprint density at radius 1 is 1.09 bits per heavy atom. The molecule has 1 aromatic heterocycles. The Hall–Kier alpha value is -2.04.